The van der Waals surface area contributed by atoms with Gasteiger partial charge >= 0.3 is 0 Å². The van der Waals surface area contributed by atoms with Gasteiger partial charge in [0.2, 0.25) is 10.0 Å². The largest absolute Gasteiger partial charge is 0.261 e. The Morgan fingerprint density at radius 1 is 1.40 bits per heavy atom. The van der Waals surface area contributed by atoms with E-state index in [-0.39, 0.29) is 5.75 Å². The van der Waals surface area contributed by atoms with Gasteiger partial charge in [-0.05, 0) is 31.9 Å². The van der Waals surface area contributed by atoms with Crippen molar-refractivity contribution in [1.82, 2.24) is 9.71 Å². The van der Waals surface area contributed by atoms with Crippen LogP contribution in [0.25, 0.3) is 0 Å². The van der Waals surface area contributed by atoms with E-state index in [1.807, 2.05) is 18.2 Å². The molecule has 84 valence electrons. The van der Waals surface area contributed by atoms with Crippen molar-refractivity contribution in [3.8, 4) is 0 Å². The third-order valence-corrected chi connectivity index (χ3v) is 3.44. The maximum atomic E-state index is 11.1. The van der Waals surface area contributed by atoms with E-state index in [4.69, 9.17) is 0 Å². The third kappa shape index (κ3) is 4.90. The quantitative estimate of drug-likeness (QED) is 0.738. The Hall–Kier alpha value is -0.940. The summed E-state index contributed by atoms with van der Waals surface area (Å²) in [5, 5.41) is 0. The molecule has 5 heteroatoms. The highest BCUT2D eigenvalue weighted by Gasteiger charge is 2.04. The monoisotopic (exact) mass is 228 g/mol. The minimum absolute atomic E-state index is 0.136. The van der Waals surface area contributed by atoms with Crippen LogP contribution in [0.3, 0.4) is 0 Å². The molecule has 0 radical (unpaired) electrons. The second-order valence-electron chi connectivity index (χ2n) is 3.22. The van der Waals surface area contributed by atoms with Crippen LogP contribution in [0.2, 0.25) is 0 Å². The van der Waals surface area contributed by atoms with Crippen LogP contribution >= 0.6 is 0 Å². The van der Waals surface area contributed by atoms with E-state index in [1.165, 1.54) is 0 Å². The van der Waals surface area contributed by atoms with Crippen molar-refractivity contribution >= 4 is 10.0 Å². The summed E-state index contributed by atoms with van der Waals surface area (Å²) in [6.07, 6.45) is 3.31. The molecule has 0 aromatic carbocycles. The normalized spacial score (nSPS) is 11.5. The highest BCUT2D eigenvalue weighted by molar-refractivity contribution is 7.89. The van der Waals surface area contributed by atoms with E-state index in [0.717, 1.165) is 18.5 Å². The fourth-order valence-corrected chi connectivity index (χ4v) is 1.80. The lowest BCUT2D eigenvalue weighted by molar-refractivity contribution is 0.580. The van der Waals surface area contributed by atoms with Crippen molar-refractivity contribution < 1.29 is 8.42 Å². The lowest BCUT2D eigenvalue weighted by Crippen LogP contribution is -2.26. The van der Waals surface area contributed by atoms with Gasteiger partial charge in [0, 0.05) is 18.4 Å². The molecule has 1 aromatic heterocycles. The van der Waals surface area contributed by atoms with Gasteiger partial charge in [0.15, 0.2) is 0 Å². The Labute approximate surface area is 90.8 Å². The number of hydrogen-bond acceptors (Lipinski definition) is 3. The number of aryl methyl sites for hydroxylation is 1. The molecule has 0 atom stereocenters. The highest BCUT2D eigenvalue weighted by Crippen LogP contribution is 1.97. The van der Waals surface area contributed by atoms with Crippen LogP contribution in [0.5, 0.6) is 0 Å². The molecule has 1 N–H and O–H groups in total. The first-order chi connectivity index (χ1) is 7.14. The first-order valence-corrected chi connectivity index (χ1v) is 6.66. The molecule has 0 saturated carbocycles. The number of sulfonamides is 1. The van der Waals surface area contributed by atoms with Gasteiger partial charge in [-0.15, -0.1) is 0 Å². The van der Waals surface area contributed by atoms with Crippen LogP contribution < -0.4 is 4.72 Å². The lowest BCUT2D eigenvalue weighted by Gasteiger charge is -2.03. The first-order valence-electron chi connectivity index (χ1n) is 5.01. The predicted octanol–water partition coefficient (Wildman–Crippen LogP) is 0.953. The first kappa shape index (κ1) is 12.1. The summed E-state index contributed by atoms with van der Waals surface area (Å²) < 4.78 is 24.7. The molecule has 15 heavy (non-hydrogen) atoms. The second kappa shape index (κ2) is 5.82. The average Bonchev–Trinajstić information content (AvgIpc) is 2.26. The smallest absolute Gasteiger partial charge is 0.211 e. The number of hydrogen-bond donors (Lipinski definition) is 1. The average molecular weight is 228 g/mol. The summed E-state index contributed by atoms with van der Waals surface area (Å²) in [6, 6.07) is 5.73. The van der Waals surface area contributed by atoms with Crippen molar-refractivity contribution in [2.45, 2.75) is 19.8 Å². The third-order valence-electron chi connectivity index (χ3n) is 2.04. The van der Waals surface area contributed by atoms with Crippen molar-refractivity contribution in [1.29, 1.82) is 0 Å². The van der Waals surface area contributed by atoms with Gasteiger partial charge in [0.25, 0.3) is 0 Å². The van der Waals surface area contributed by atoms with E-state index < -0.39 is 10.0 Å². The molecule has 1 heterocycles. The van der Waals surface area contributed by atoms with Gasteiger partial charge < -0.3 is 0 Å². The molecule has 4 nitrogen and oxygen atoms in total. The number of nitrogens with zero attached hydrogens (tertiary/aromatic N) is 1. The molecule has 0 amide bonds. The number of rotatable bonds is 6. The lowest BCUT2D eigenvalue weighted by atomic mass is 10.2. The second-order valence-corrected chi connectivity index (χ2v) is 5.32. The SMILES string of the molecule is CCS(=O)(=O)NCCCc1ccccn1. The van der Waals surface area contributed by atoms with Crippen molar-refractivity contribution in [3.63, 3.8) is 0 Å². The molecule has 0 fully saturated rings. The molecule has 0 aliphatic rings. The molecule has 1 rings (SSSR count). The Morgan fingerprint density at radius 3 is 2.80 bits per heavy atom. The van der Waals surface area contributed by atoms with Crippen molar-refractivity contribution in [2.75, 3.05) is 12.3 Å². The van der Waals surface area contributed by atoms with E-state index >= 15 is 0 Å². The van der Waals surface area contributed by atoms with Crippen molar-refractivity contribution in [2.24, 2.45) is 0 Å². The molecule has 0 aliphatic carbocycles. The summed E-state index contributed by atoms with van der Waals surface area (Å²) in [6.45, 7) is 2.10. The van der Waals surface area contributed by atoms with Crippen LogP contribution in [0.1, 0.15) is 19.0 Å². The molecule has 0 aliphatic heterocycles. The Balaban J connectivity index is 2.24. The van der Waals surface area contributed by atoms with Gasteiger partial charge in [-0.1, -0.05) is 6.07 Å². The summed E-state index contributed by atoms with van der Waals surface area (Å²) in [7, 11) is -3.04. The molecule has 0 unspecified atom stereocenters. The standard InChI is InChI=1S/C10H16N2O2S/c1-2-15(13,14)12-9-5-7-10-6-3-4-8-11-10/h3-4,6,8,12H,2,5,7,9H2,1H3. The Kier molecular flexibility index (Phi) is 4.71. The summed E-state index contributed by atoms with van der Waals surface area (Å²) >= 11 is 0. The zero-order valence-corrected chi connectivity index (χ0v) is 9.63. The topological polar surface area (TPSA) is 59.1 Å². The summed E-state index contributed by atoms with van der Waals surface area (Å²) in [4.78, 5) is 4.16. The van der Waals surface area contributed by atoms with E-state index in [1.54, 1.807) is 13.1 Å². The molecule has 0 spiro atoms. The van der Waals surface area contributed by atoms with Gasteiger partial charge in [0.05, 0.1) is 5.75 Å². The minimum Gasteiger partial charge on any atom is -0.261 e. The van der Waals surface area contributed by atoms with Gasteiger partial charge in [-0.3, -0.25) is 4.98 Å². The molecular formula is C10H16N2O2S. The van der Waals surface area contributed by atoms with Gasteiger partial charge in [0.1, 0.15) is 0 Å². The van der Waals surface area contributed by atoms with Crippen LogP contribution in [0.4, 0.5) is 0 Å². The zero-order valence-electron chi connectivity index (χ0n) is 8.81. The summed E-state index contributed by atoms with van der Waals surface area (Å²) in [5.41, 5.74) is 0.994. The van der Waals surface area contributed by atoms with Crippen LogP contribution in [0.15, 0.2) is 24.4 Å². The molecule has 1 aromatic rings. The van der Waals surface area contributed by atoms with E-state index in [0.29, 0.717) is 6.54 Å². The van der Waals surface area contributed by atoms with Crippen LogP contribution in [-0.4, -0.2) is 25.7 Å². The van der Waals surface area contributed by atoms with E-state index in [2.05, 4.69) is 9.71 Å². The predicted molar refractivity (Wildman–Crippen MR) is 60.0 cm³/mol. The zero-order chi connectivity index (χ0) is 11.1. The number of pyridine rings is 1. The maximum Gasteiger partial charge on any atom is 0.211 e. The Bertz CT molecular complexity index is 376. The van der Waals surface area contributed by atoms with Crippen molar-refractivity contribution in [3.05, 3.63) is 30.1 Å². The fourth-order valence-electron chi connectivity index (χ4n) is 1.15. The number of nitrogens with one attached hydrogen (secondary N) is 1. The summed E-state index contributed by atoms with van der Waals surface area (Å²) in [5.74, 6) is 0.136. The highest BCUT2D eigenvalue weighted by atomic mass is 32.2. The molecule has 0 bridgehead atoms. The van der Waals surface area contributed by atoms with E-state index in [9.17, 15) is 8.42 Å². The maximum absolute atomic E-state index is 11.1. The van der Waals surface area contributed by atoms with Crippen LogP contribution in [-0.2, 0) is 16.4 Å². The van der Waals surface area contributed by atoms with Crippen LogP contribution in [0, 0.1) is 0 Å². The number of aromatic nitrogens is 1. The van der Waals surface area contributed by atoms with Gasteiger partial charge in [-0.2, -0.15) is 0 Å². The fraction of sp³-hybridized carbons (Fsp3) is 0.500. The minimum atomic E-state index is -3.04. The molecule has 0 saturated heterocycles. The molecular weight excluding hydrogens is 212 g/mol. The Morgan fingerprint density at radius 2 is 2.20 bits per heavy atom. The van der Waals surface area contributed by atoms with Gasteiger partial charge in [-0.25, -0.2) is 13.1 Å².